The Morgan fingerprint density at radius 2 is 2.06 bits per heavy atom. The van der Waals surface area contributed by atoms with Gasteiger partial charge >= 0.3 is 0 Å². The summed E-state index contributed by atoms with van der Waals surface area (Å²) in [7, 11) is 0. The summed E-state index contributed by atoms with van der Waals surface area (Å²) in [4.78, 5) is 8.35. The summed E-state index contributed by atoms with van der Waals surface area (Å²) in [5.41, 5.74) is 6.94. The highest BCUT2D eigenvalue weighted by molar-refractivity contribution is 7.15. The Balaban J connectivity index is 1.26. The molecule has 0 saturated carbocycles. The van der Waals surface area contributed by atoms with Crippen LogP contribution < -0.4 is 10.2 Å². The molecule has 0 saturated heterocycles. The van der Waals surface area contributed by atoms with Crippen molar-refractivity contribution in [1.29, 1.82) is 5.41 Å². The molecule has 0 aliphatic carbocycles. The third-order valence-corrected chi connectivity index (χ3v) is 6.58. The maximum absolute atomic E-state index is 7.01. The lowest BCUT2D eigenvalue weighted by Crippen LogP contribution is -2.30. The zero-order valence-electron chi connectivity index (χ0n) is 17.5. The monoisotopic (exact) mass is 441 g/mol. The fourth-order valence-electron chi connectivity index (χ4n) is 3.86. The number of hydrogen-bond donors (Lipinski definition) is 3. The van der Waals surface area contributed by atoms with Crippen molar-refractivity contribution in [2.75, 3.05) is 16.8 Å². The SMILES string of the molecule is N=C/C=C\Nc1ccc(Cc2cnc(N3CCc4ccc(-c5c[nH]nn5)cc4C3)s2)cc1. The maximum atomic E-state index is 7.01. The summed E-state index contributed by atoms with van der Waals surface area (Å²) in [6.45, 7) is 1.84. The molecule has 0 radical (unpaired) electrons. The van der Waals surface area contributed by atoms with Crippen molar-refractivity contribution in [2.24, 2.45) is 0 Å². The van der Waals surface area contributed by atoms with E-state index >= 15 is 0 Å². The van der Waals surface area contributed by atoms with Crippen molar-refractivity contribution in [2.45, 2.75) is 19.4 Å². The number of aromatic nitrogens is 4. The number of anilines is 2. The van der Waals surface area contributed by atoms with E-state index in [1.54, 1.807) is 23.6 Å². The number of nitrogens with zero attached hydrogens (tertiary/aromatic N) is 4. The van der Waals surface area contributed by atoms with Crippen molar-refractivity contribution in [3.63, 3.8) is 0 Å². The average Bonchev–Trinajstić information content (AvgIpc) is 3.52. The molecular weight excluding hydrogens is 418 g/mol. The molecule has 160 valence electrons. The standard InChI is InChI=1S/C24H23N7S/c25-9-1-10-26-21-6-2-17(3-7-21)12-22-14-27-24(32-22)31-11-8-18-4-5-19(13-20(18)16-31)23-15-28-30-29-23/h1-7,9-10,13-15,25-26H,8,11-12,16H2,(H,28,29,30)/b10-1-,25-9?. The number of thiazole rings is 1. The van der Waals surface area contributed by atoms with Crippen LogP contribution in [-0.4, -0.2) is 33.2 Å². The molecule has 3 N–H and O–H groups in total. The molecule has 2 aromatic carbocycles. The lowest BCUT2D eigenvalue weighted by molar-refractivity contribution is 0.729. The Hall–Kier alpha value is -3.78. The van der Waals surface area contributed by atoms with Crippen LogP contribution in [0.5, 0.6) is 0 Å². The summed E-state index contributed by atoms with van der Waals surface area (Å²) in [5.74, 6) is 0. The Bertz CT molecular complexity index is 1230. The summed E-state index contributed by atoms with van der Waals surface area (Å²) < 4.78 is 0. The molecule has 8 heteroatoms. The zero-order valence-corrected chi connectivity index (χ0v) is 18.3. The van der Waals surface area contributed by atoms with E-state index in [0.29, 0.717) is 0 Å². The second-order valence-electron chi connectivity index (χ2n) is 7.67. The van der Waals surface area contributed by atoms with E-state index in [1.807, 2.05) is 12.4 Å². The number of rotatable bonds is 7. The van der Waals surface area contributed by atoms with Crippen molar-refractivity contribution in [3.05, 3.63) is 88.7 Å². The molecule has 32 heavy (non-hydrogen) atoms. The topological polar surface area (TPSA) is 93.6 Å². The Kier molecular flexibility index (Phi) is 5.76. The lowest BCUT2D eigenvalue weighted by atomic mass is 9.97. The fourth-order valence-corrected chi connectivity index (χ4v) is 4.83. The molecular formula is C24H23N7S. The molecule has 0 unspecified atom stereocenters. The van der Waals surface area contributed by atoms with Gasteiger partial charge in [0.15, 0.2) is 5.13 Å². The van der Waals surface area contributed by atoms with Crippen molar-refractivity contribution in [3.8, 4) is 11.3 Å². The van der Waals surface area contributed by atoms with E-state index in [9.17, 15) is 0 Å². The van der Waals surface area contributed by atoms with Gasteiger partial charge in [-0.25, -0.2) is 4.98 Å². The molecule has 4 aromatic rings. The van der Waals surface area contributed by atoms with Crippen LogP contribution in [0.1, 0.15) is 21.6 Å². The van der Waals surface area contributed by atoms with Gasteiger partial charge in [-0.05, 0) is 47.4 Å². The third kappa shape index (κ3) is 4.45. The quantitative estimate of drug-likeness (QED) is 0.363. The van der Waals surface area contributed by atoms with Gasteiger partial charge in [0.1, 0.15) is 5.69 Å². The van der Waals surface area contributed by atoms with Crippen molar-refractivity contribution in [1.82, 2.24) is 20.4 Å². The lowest BCUT2D eigenvalue weighted by Gasteiger charge is -2.28. The Morgan fingerprint density at radius 3 is 2.88 bits per heavy atom. The first-order valence-electron chi connectivity index (χ1n) is 10.5. The highest BCUT2D eigenvalue weighted by Crippen LogP contribution is 2.31. The molecule has 0 atom stereocenters. The van der Waals surface area contributed by atoms with Crippen LogP contribution >= 0.6 is 11.3 Å². The van der Waals surface area contributed by atoms with Gasteiger partial charge in [-0.3, -0.25) is 5.10 Å². The van der Waals surface area contributed by atoms with Gasteiger partial charge in [-0.1, -0.05) is 29.5 Å². The average molecular weight is 442 g/mol. The van der Waals surface area contributed by atoms with Crippen LogP contribution in [-0.2, 0) is 19.4 Å². The Morgan fingerprint density at radius 1 is 1.16 bits per heavy atom. The van der Waals surface area contributed by atoms with E-state index < -0.39 is 0 Å². The summed E-state index contributed by atoms with van der Waals surface area (Å²) in [6.07, 6.45) is 10.4. The zero-order chi connectivity index (χ0) is 21.8. The molecule has 1 aliphatic heterocycles. The van der Waals surface area contributed by atoms with E-state index in [4.69, 9.17) is 10.4 Å². The predicted molar refractivity (Wildman–Crippen MR) is 129 cm³/mol. The van der Waals surface area contributed by atoms with Crippen LogP contribution in [0.15, 0.2) is 67.1 Å². The predicted octanol–water partition coefficient (Wildman–Crippen LogP) is 4.66. The van der Waals surface area contributed by atoms with E-state index in [2.05, 4.69) is 68.1 Å². The number of H-pyrrole nitrogens is 1. The number of benzene rings is 2. The number of nitrogens with one attached hydrogen (secondary N) is 3. The second-order valence-corrected chi connectivity index (χ2v) is 8.76. The maximum Gasteiger partial charge on any atom is 0.185 e. The van der Waals surface area contributed by atoms with E-state index in [-0.39, 0.29) is 0 Å². The molecule has 0 fully saturated rings. The summed E-state index contributed by atoms with van der Waals surface area (Å²) >= 11 is 1.77. The van der Waals surface area contributed by atoms with Crippen molar-refractivity contribution < 1.29 is 0 Å². The first-order chi connectivity index (χ1) is 15.8. The van der Waals surface area contributed by atoms with Gasteiger partial charge < -0.3 is 15.6 Å². The van der Waals surface area contributed by atoms with Crippen molar-refractivity contribution >= 4 is 28.4 Å². The van der Waals surface area contributed by atoms with Crippen LogP contribution in [0.3, 0.4) is 0 Å². The molecule has 3 heterocycles. The molecule has 0 amide bonds. The largest absolute Gasteiger partial charge is 0.362 e. The molecule has 0 spiro atoms. The molecule has 1 aliphatic rings. The number of hydrogen-bond acceptors (Lipinski definition) is 7. The molecule has 2 aromatic heterocycles. The van der Waals surface area contributed by atoms with Gasteiger partial charge in [-0.2, -0.15) is 0 Å². The highest BCUT2D eigenvalue weighted by Gasteiger charge is 2.20. The fraction of sp³-hybridized carbons (Fsp3) is 0.167. The second kappa shape index (κ2) is 9.15. The first kappa shape index (κ1) is 20.1. The number of allylic oxidation sites excluding steroid dienone is 1. The first-order valence-corrected chi connectivity index (χ1v) is 11.3. The van der Waals surface area contributed by atoms with Crippen LogP contribution in [0.4, 0.5) is 10.8 Å². The van der Waals surface area contributed by atoms with Crippen LogP contribution in [0.2, 0.25) is 0 Å². The van der Waals surface area contributed by atoms with Gasteiger partial charge in [0, 0.05) is 60.4 Å². The number of aromatic amines is 1. The normalized spacial score (nSPS) is 13.3. The molecule has 7 nitrogen and oxygen atoms in total. The van der Waals surface area contributed by atoms with E-state index in [0.717, 1.165) is 48.0 Å². The molecule has 5 rings (SSSR count). The Labute approximate surface area is 190 Å². The van der Waals surface area contributed by atoms with E-state index in [1.165, 1.54) is 27.8 Å². The summed E-state index contributed by atoms with van der Waals surface area (Å²) in [5, 5.41) is 22.0. The smallest absolute Gasteiger partial charge is 0.185 e. The van der Waals surface area contributed by atoms with Gasteiger partial charge in [0.25, 0.3) is 0 Å². The third-order valence-electron chi connectivity index (χ3n) is 5.52. The van der Waals surface area contributed by atoms with Crippen LogP contribution in [0.25, 0.3) is 11.3 Å². The minimum absolute atomic E-state index is 0.859. The minimum atomic E-state index is 0.859. The summed E-state index contributed by atoms with van der Waals surface area (Å²) in [6, 6.07) is 14.9. The number of fused-ring (bicyclic) bond motifs is 1. The van der Waals surface area contributed by atoms with Gasteiger partial charge in [-0.15, -0.1) is 16.4 Å². The van der Waals surface area contributed by atoms with Gasteiger partial charge in [0.05, 0.1) is 0 Å². The molecule has 0 bridgehead atoms. The van der Waals surface area contributed by atoms with Gasteiger partial charge in [0.2, 0.25) is 0 Å². The highest BCUT2D eigenvalue weighted by atomic mass is 32.1. The van der Waals surface area contributed by atoms with Crippen LogP contribution in [0, 0.1) is 5.41 Å². The minimum Gasteiger partial charge on any atom is -0.362 e.